The quantitative estimate of drug-likeness (QED) is 0.798. The molecule has 3 heterocycles. The summed E-state index contributed by atoms with van der Waals surface area (Å²) in [6.07, 6.45) is 8.95. The maximum Gasteiger partial charge on any atom is 0.277 e. The molecular formula is C15H13N5O2. The second-order valence-electron chi connectivity index (χ2n) is 5.22. The number of hydrogen-bond acceptors (Lipinski definition) is 5. The number of carbonyl (C=O) groups excluding carboxylic acids is 1. The minimum atomic E-state index is -0.298. The van der Waals surface area contributed by atoms with Gasteiger partial charge in [0.2, 0.25) is 0 Å². The van der Waals surface area contributed by atoms with Crippen LogP contribution in [0.1, 0.15) is 35.0 Å². The molecule has 1 saturated carbocycles. The Morgan fingerprint density at radius 1 is 1.36 bits per heavy atom. The summed E-state index contributed by atoms with van der Waals surface area (Å²) in [5.41, 5.74) is 0.894. The van der Waals surface area contributed by atoms with Crippen LogP contribution in [-0.4, -0.2) is 25.6 Å². The van der Waals surface area contributed by atoms with Gasteiger partial charge in [-0.15, -0.1) is 0 Å². The van der Waals surface area contributed by atoms with Crippen molar-refractivity contribution in [3.8, 4) is 5.82 Å². The lowest BCUT2D eigenvalue weighted by Crippen LogP contribution is -2.12. The van der Waals surface area contributed by atoms with Crippen molar-refractivity contribution in [2.75, 3.05) is 5.32 Å². The van der Waals surface area contributed by atoms with Crippen LogP contribution in [-0.2, 0) is 0 Å². The molecule has 0 aliphatic heterocycles. The highest BCUT2D eigenvalue weighted by Crippen LogP contribution is 2.40. The first-order valence-corrected chi connectivity index (χ1v) is 7.02. The van der Waals surface area contributed by atoms with Crippen LogP contribution >= 0.6 is 0 Å². The summed E-state index contributed by atoms with van der Waals surface area (Å²) in [6, 6.07) is 5.29. The van der Waals surface area contributed by atoms with E-state index in [0.717, 1.165) is 24.4 Å². The highest BCUT2D eigenvalue weighted by atomic mass is 16.5. The van der Waals surface area contributed by atoms with Gasteiger partial charge in [0.05, 0.1) is 11.9 Å². The van der Waals surface area contributed by atoms with E-state index in [9.17, 15) is 4.79 Å². The fourth-order valence-corrected chi connectivity index (χ4v) is 2.16. The highest BCUT2D eigenvalue weighted by molar-refractivity contribution is 6.02. The van der Waals surface area contributed by atoms with Gasteiger partial charge in [0.15, 0.2) is 5.69 Å². The fraction of sp³-hybridized carbons (Fsp3) is 0.200. The average molecular weight is 295 g/mol. The number of pyridine rings is 1. The molecule has 1 aliphatic rings. The van der Waals surface area contributed by atoms with E-state index in [1.807, 2.05) is 0 Å². The topological polar surface area (TPSA) is 85.8 Å². The summed E-state index contributed by atoms with van der Waals surface area (Å²) in [6.45, 7) is 0. The van der Waals surface area contributed by atoms with Crippen molar-refractivity contribution in [3.63, 3.8) is 0 Å². The molecule has 3 aromatic heterocycles. The standard InChI is InChI=1S/C15H13N5O2/c21-15(12-7-13(22-19-12)10-1-2-10)18-11-3-4-14(17-8-11)20-6-5-16-9-20/h3-10H,1-2H2,(H,18,21). The Hall–Kier alpha value is -2.96. The molecule has 0 atom stereocenters. The van der Waals surface area contributed by atoms with Gasteiger partial charge in [-0.25, -0.2) is 9.97 Å². The maximum absolute atomic E-state index is 12.1. The van der Waals surface area contributed by atoms with Gasteiger partial charge in [-0.2, -0.15) is 0 Å². The summed E-state index contributed by atoms with van der Waals surface area (Å²) in [7, 11) is 0. The van der Waals surface area contributed by atoms with Gasteiger partial charge in [-0.05, 0) is 25.0 Å². The number of amides is 1. The first kappa shape index (κ1) is 12.8. The van der Waals surface area contributed by atoms with Gasteiger partial charge < -0.3 is 9.84 Å². The third-order valence-corrected chi connectivity index (χ3v) is 3.52. The molecule has 1 aliphatic carbocycles. The predicted molar refractivity (Wildman–Crippen MR) is 77.8 cm³/mol. The number of hydrogen-bond donors (Lipinski definition) is 1. The van der Waals surface area contributed by atoms with Crippen LogP contribution in [0, 0.1) is 0 Å². The zero-order chi connectivity index (χ0) is 14.9. The van der Waals surface area contributed by atoms with E-state index in [0.29, 0.717) is 17.3 Å². The second kappa shape index (κ2) is 5.10. The molecule has 3 aromatic rings. The third-order valence-electron chi connectivity index (χ3n) is 3.52. The van der Waals surface area contributed by atoms with Crippen molar-refractivity contribution in [2.24, 2.45) is 0 Å². The first-order valence-electron chi connectivity index (χ1n) is 7.02. The van der Waals surface area contributed by atoms with E-state index in [2.05, 4.69) is 20.4 Å². The van der Waals surface area contributed by atoms with E-state index >= 15 is 0 Å². The van der Waals surface area contributed by atoms with Gasteiger partial charge in [0, 0.05) is 24.4 Å². The largest absolute Gasteiger partial charge is 0.360 e. The van der Waals surface area contributed by atoms with Crippen LogP contribution in [0.2, 0.25) is 0 Å². The summed E-state index contributed by atoms with van der Waals surface area (Å²) in [5.74, 6) is 1.66. The Morgan fingerprint density at radius 2 is 2.27 bits per heavy atom. The third kappa shape index (κ3) is 2.48. The van der Waals surface area contributed by atoms with E-state index in [-0.39, 0.29) is 5.91 Å². The second-order valence-corrected chi connectivity index (χ2v) is 5.22. The lowest BCUT2D eigenvalue weighted by Gasteiger charge is -2.04. The molecule has 1 amide bonds. The lowest BCUT2D eigenvalue weighted by molar-refractivity contribution is 0.101. The summed E-state index contributed by atoms with van der Waals surface area (Å²) >= 11 is 0. The van der Waals surface area contributed by atoms with E-state index < -0.39 is 0 Å². The Bertz CT molecular complexity index is 788. The molecule has 7 heteroatoms. The van der Waals surface area contributed by atoms with Gasteiger partial charge in [0.25, 0.3) is 5.91 Å². The molecule has 22 heavy (non-hydrogen) atoms. The summed E-state index contributed by atoms with van der Waals surface area (Å²) in [4.78, 5) is 20.3. The molecule has 0 unspecified atom stereocenters. The Balaban J connectivity index is 1.46. The molecule has 7 nitrogen and oxygen atoms in total. The van der Waals surface area contributed by atoms with Crippen LogP contribution in [0.3, 0.4) is 0 Å². The zero-order valence-corrected chi connectivity index (χ0v) is 11.6. The van der Waals surface area contributed by atoms with E-state index in [1.165, 1.54) is 0 Å². The Kier molecular flexibility index (Phi) is 2.96. The van der Waals surface area contributed by atoms with Crippen LogP contribution in [0.15, 0.2) is 47.6 Å². The van der Waals surface area contributed by atoms with Gasteiger partial charge in [-0.1, -0.05) is 5.16 Å². The minimum absolute atomic E-state index is 0.292. The molecule has 110 valence electrons. The van der Waals surface area contributed by atoms with Crippen molar-refractivity contribution in [2.45, 2.75) is 18.8 Å². The number of imidazole rings is 1. The SMILES string of the molecule is O=C(Nc1ccc(-n2ccnc2)nc1)c1cc(C2CC2)on1. The predicted octanol–water partition coefficient (Wildman–Crippen LogP) is 2.39. The van der Waals surface area contributed by atoms with Gasteiger partial charge in [-0.3, -0.25) is 9.36 Å². The van der Waals surface area contributed by atoms with E-state index in [1.54, 1.807) is 47.7 Å². The number of anilines is 1. The van der Waals surface area contributed by atoms with Crippen molar-refractivity contribution < 1.29 is 9.32 Å². The van der Waals surface area contributed by atoms with Crippen LogP contribution in [0.4, 0.5) is 5.69 Å². The average Bonchev–Trinajstić information content (AvgIpc) is 3.05. The normalized spacial score (nSPS) is 14.0. The van der Waals surface area contributed by atoms with Gasteiger partial charge in [0.1, 0.15) is 17.9 Å². The summed E-state index contributed by atoms with van der Waals surface area (Å²) < 4.78 is 6.96. The smallest absolute Gasteiger partial charge is 0.277 e. The van der Waals surface area contributed by atoms with Crippen LogP contribution < -0.4 is 5.32 Å². The summed E-state index contributed by atoms with van der Waals surface area (Å²) in [5, 5.41) is 6.57. The molecule has 4 rings (SSSR count). The highest BCUT2D eigenvalue weighted by Gasteiger charge is 2.28. The number of carbonyl (C=O) groups is 1. The molecule has 0 radical (unpaired) electrons. The number of aromatic nitrogens is 4. The number of nitrogens with one attached hydrogen (secondary N) is 1. The minimum Gasteiger partial charge on any atom is -0.360 e. The fourth-order valence-electron chi connectivity index (χ4n) is 2.16. The molecular weight excluding hydrogens is 282 g/mol. The molecule has 0 saturated heterocycles. The monoisotopic (exact) mass is 295 g/mol. The van der Waals surface area contributed by atoms with Crippen LogP contribution in [0.25, 0.3) is 5.82 Å². The molecule has 1 fully saturated rings. The zero-order valence-electron chi connectivity index (χ0n) is 11.6. The van der Waals surface area contributed by atoms with E-state index in [4.69, 9.17) is 4.52 Å². The first-order chi connectivity index (χ1) is 10.8. The molecule has 0 spiro atoms. The maximum atomic E-state index is 12.1. The van der Waals surface area contributed by atoms with Crippen molar-refractivity contribution in [1.29, 1.82) is 0 Å². The Labute approximate surface area is 126 Å². The van der Waals surface area contributed by atoms with Gasteiger partial charge >= 0.3 is 0 Å². The lowest BCUT2D eigenvalue weighted by atomic mass is 10.2. The van der Waals surface area contributed by atoms with Crippen molar-refractivity contribution in [1.82, 2.24) is 19.7 Å². The van der Waals surface area contributed by atoms with Crippen molar-refractivity contribution >= 4 is 11.6 Å². The number of nitrogens with zero attached hydrogens (tertiary/aromatic N) is 4. The Morgan fingerprint density at radius 3 is 2.95 bits per heavy atom. The molecule has 1 N–H and O–H groups in total. The van der Waals surface area contributed by atoms with Crippen LogP contribution in [0.5, 0.6) is 0 Å². The molecule has 0 aromatic carbocycles. The molecule has 0 bridgehead atoms. The number of rotatable bonds is 4. The van der Waals surface area contributed by atoms with Crippen molar-refractivity contribution in [3.05, 3.63) is 54.6 Å².